The minimum Gasteiger partial charge on any atom is -0.372 e. The molecule has 0 aromatic carbocycles. The van der Waals surface area contributed by atoms with Crippen molar-refractivity contribution in [2.45, 2.75) is 51.0 Å². The fourth-order valence-electron chi connectivity index (χ4n) is 2.77. The molecule has 0 radical (unpaired) electrons. The second-order valence-electron chi connectivity index (χ2n) is 5.10. The number of rotatable bonds is 4. The molecular weight excluding hydrogens is 248 g/mol. The van der Waals surface area contributed by atoms with E-state index >= 15 is 0 Å². The molecule has 3 heterocycles. The van der Waals surface area contributed by atoms with E-state index in [1.165, 1.54) is 6.42 Å². The molecule has 18 heavy (non-hydrogen) atoms. The van der Waals surface area contributed by atoms with Crippen molar-refractivity contribution < 1.29 is 9.47 Å². The van der Waals surface area contributed by atoms with E-state index in [2.05, 4.69) is 15.7 Å². The van der Waals surface area contributed by atoms with Crippen LogP contribution >= 0.6 is 11.3 Å². The summed E-state index contributed by atoms with van der Waals surface area (Å²) in [6.07, 6.45) is 4.14. The second kappa shape index (κ2) is 5.65. The molecule has 2 aliphatic rings. The molecule has 4 nitrogen and oxygen atoms in total. The van der Waals surface area contributed by atoms with E-state index in [0.29, 0.717) is 25.4 Å². The quantitative estimate of drug-likeness (QED) is 0.905. The Morgan fingerprint density at radius 2 is 2.44 bits per heavy atom. The standard InChI is InChI=1S/C13H20N2O2S/c1-9-15-10(8-18-9)6-16-7-11-2-3-12-13(17-11)4-5-14-12/h8,11-14H,2-7H2,1H3/t11-,12+,13+/m0/s1. The van der Waals surface area contributed by atoms with E-state index in [-0.39, 0.29) is 6.10 Å². The van der Waals surface area contributed by atoms with Crippen molar-refractivity contribution >= 4 is 11.3 Å². The first-order valence-corrected chi connectivity index (χ1v) is 7.57. The van der Waals surface area contributed by atoms with Gasteiger partial charge in [0.2, 0.25) is 0 Å². The summed E-state index contributed by atoms with van der Waals surface area (Å²) in [5.41, 5.74) is 1.04. The average Bonchev–Trinajstić information content (AvgIpc) is 2.97. The first kappa shape index (κ1) is 12.5. The van der Waals surface area contributed by atoms with Crippen molar-refractivity contribution in [3.8, 4) is 0 Å². The van der Waals surface area contributed by atoms with Crippen LogP contribution in [-0.4, -0.2) is 36.4 Å². The molecule has 2 aliphatic heterocycles. The lowest BCUT2D eigenvalue weighted by Gasteiger charge is -2.32. The van der Waals surface area contributed by atoms with Crippen molar-refractivity contribution in [2.24, 2.45) is 0 Å². The Kier molecular flexibility index (Phi) is 3.94. The molecule has 1 aromatic heterocycles. The zero-order valence-corrected chi connectivity index (χ0v) is 11.5. The van der Waals surface area contributed by atoms with E-state index < -0.39 is 0 Å². The largest absolute Gasteiger partial charge is 0.372 e. The van der Waals surface area contributed by atoms with E-state index in [1.54, 1.807) is 11.3 Å². The molecule has 0 aliphatic carbocycles. The highest BCUT2D eigenvalue weighted by Crippen LogP contribution is 2.25. The molecule has 2 saturated heterocycles. The highest BCUT2D eigenvalue weighted by Gasteiger charge is 2.34. The monoisotopic (exact) mass is 268 g/mol. The van der Waals surface area contributed by atoms with E-state index in [4.69, 9.17) is 9.47 Å². The number of fused-ring (bicyclic) bond motifs is 1. The molecule has 0 amide bonds. The summed E-state index contributed by atoms with van der Waals surface area (Å²) < 4.78 is 11.8. The Bertz CT molecular complexity index is 396. The highest BCUT2D eigenvalue weighted by atomic mass is 32.1. The van der Waals surface area contributed by atoms with E-state index in [1.807, 2.05) is 6.92 Å². The molecule has 2 fully saturated rings. The second-order valence-corrected chi connectivity index (χ2v) is 6.16. The minimum atomic E-state index is 0.269. The number of aromatic nitrogens is 1. The Morgan fingerprint density at radius 1 is 1.50 bits per heavy atom. The third-order valence-corrected chi connectivity index (χ3v) is 4.49. The lowest BCUT2D eigenvalue weighted by atomic mass is 10.0. The zero-order chi connectivity index (χ0) is 12.4. The molecule has 0 spiro atoms. The van der Waals surface area contributed by atoms with Gasteiger partial charge in [0.25, 0.3) is 0 Å². The van der Waals surface area contributed by atoms with Gasteiger partial charge in [-0.3, -0.25) is 0 Å². The molecule has 100 valence electrons. The van der Waals surface area contributed by atoms with Gasteiger partial charge in [-0.2, -0.15) is 0 Å². The SMILES string of the molecule is Cc1nc(COC[C@@H]2CC[C@H]3NCC[C@H]3O2)cs1. The Balaban J connectivity index is 1.41. The first-order valence-electron chi connectivity index (χ1n) is 6.69. The van der Waals surface area contributed by atoms with Gasteiger partial charge in [0.05, 0.1) is 36.1 Å². The van der Waals surface area contributed by atoms with Crippen molar-refractivity contribution in [2.75, 3.05) is 13.2 Å². The lowest BCUT2D eigenvalue weighted by molar-refractivity contribution is -0.0911. The van der Waals surface area contributed by atoms with Crippen LogP contribution in [0.1, 0.15) is 30.0 Å². The van der Waals surface area contributed by atoms with Crippen molar-refractivity contribution in [1.29, 1.82) is 0 Å². The smallest absolute Gasteiger partial charge is 0.0898 e. The van der Waals surface area contributed by atoms with Crippen LogP contribution < -0.4 is 5.32 Å². The van der Waals surface area contributed by atoms with Gasteiger partial charge in [0.1, 0.15) is 0 Å². The number of ether oxygens (including phenoxy) is 2. The number of thiazole rings is 1. The molecule has 0 saturated carbocycles. The van der Waals surface area contributed by atoms with E-state index in [9.17, 15) is 0 Å². The van der Waals surface area contributed by atoms with Crippen LogP contribution in [0, 0.1) is 6.92 Å². The fraction of sp³-hybridized carbons (Fsp3) is 0.769. The topological polar surface area (TPSA) is 43.4 Å². The zero-order valence-electron chi connectivity index (χ0n) is 10.7. The predicted octanol–water partition coefficient (Wildman–Crippen LogP) is 1.88. The summed E-state index contributed by atoms with van der Waals surface area (Å²) in [7, 11) is 0. The molecule has 1 N–H and O–H groups in total. The van der Waals surface area contributed by atoms with Gasteiger partial charge in [0.15, 0.2) is 0 Å². The maximum Gasteiger partial charge on any atom is 0.0898 e. The van der Waals surface area contributed by atoms with E-state index in [0.717, 1.165) is 30.1 Å². The fourth-order valence-corrected chi connectivity index (χ4v) is 3.36. The molecule has 3 atom stereocenters. The van der Waals surface area contributed by atoms with Gasteiger partial charge in [-0.25, -0.2) is 4.98 Å². The van der Waals surface area contributed by atoms with Gasteiger partial charge in [-0.1, -0.05) is 0 Å². The number of hydrogen-bond acceptors (Lipinski definition) is 5. The number of nitrogens with zero attached hydrogens (tertiary/aromatic N) is 1. The first-order chi connectivity index (χ1) is 8.81. The van der Waals surface area contributed by atoms with Crippen LogP contribution in [0.5, 0.6) is 0 Å². The maximum absolute atomic E-state index is 6.05. The third-order valence-electron chi connectivity index (χ3n) is 3.67. The van der Waals surface area contributed by atoms with Crippen LogP contribution in [0.3, 0.4) is 0 Å². The summed E-state index contributed by atoms with van der Waals surface area (Å²) in [6.45, 7) is 4.42. The minimum absolute atomic E-state index is 0.269. The summed E-state index contributed by atoms with van der Waals surface area (Å²) in [5, 5.41) is 6.65. The van der Waals surface area contributed by atoms with Crippen molar-refractivity contribution in [3.63, 3.8) is 0 Å². The van der Waals surface area contributed by atoms with Gasteiger partial charge in [-0.15, -0.1) is 11.3 Å². The Morgan fingerprint density at radius 3 is 3.28 bits per heavy atom. The number of hydrogen-bond donors (Lipinski definition) is 1. The van der Waals surface area contributed by atoms with Gasteiger partial charge in [0, 0.05) is 11.4 Å². The average molecular weight is 268 g/mol. The molecule has 0 bridgehead atoms. The number of aryl methyl sites for hydroxylation is 1. The van der Waals surface area contributed by atoms with Crippen LogP contribution in [-0.2, 0) is 16.1 Å². The van der Waals surface area contributed by atoms with Crippen LogP contribution in [0.4, 0.5) is 0 Å². The van der Waals surface area contributed by atoms with Gasteiger partial charge < -0.3 is 14.8 Å². The predicted molar refractivity (Wildman–Crippen MR) is 70.8 cm³/mol. The summed E-state index contributed by atoms with van der Waals surface area (Å²) in [5.74, 6) is 0. The summed E-state index contributed by atoms with van der Waals surface area (Å²) in [6, 6.07) is 0.586. The molecule has 0 unspecified atom stereocenters. The van der Waals surface area contributed by atoms with Crippen molar-refractivity contribution in [3.05, 3.63) is 16.1 Å². The molecule has 1 aromatic rings. The Hall–Kier alpha value is -0.490. The van der Waals surface area contributed by atoms with Crippen LogP contribution in [0.15, 0.2) is 5.38 Å². The van der Waals surface area contributed by atoms with Crippen LogP contribution in [0.2, 0.25) is 0 Å². The lowest BCUT2D eigenvalue weighted by Crippen LogP contribution is -2.41. The number of nitrogens with one attached hydrogen (secondary N) is 1. The molecular formula is C13H20N2O2S. The summed E-state index contributed by atoms with van der Waals surface area (Å²) >= 11 is 1.67. The highest BCUT2D eigenvalue weighted by molar-refractivity contribution is 7.09. The maximum atomic E-state index is 6.05. The summed E-state index contributed by atoms with van der Waals surface area (Å²) in [4.78, 5) is 4.39. The normalized spacial score (nSPS) is 31.5. The molecule has 3 rings (SSSR count). The van der Waals surface area contributed by atoms with Crippen LogP contribution in [0.25, 0.3) is 0 Å². The van der Waals surface area contributed by atoms with Gasteiger partial charge >= 0.3 is 0 Å². The Labute approximate surface area is 112 Å². The van der Waals surface area contributed by atoms with Crippen molar-refractivity contribution in [1.82, 2.24) is 10.3 Å². The molecule has 5 heteroatoms. The third kappa shape index (κ3) is 2.91. The van der Waals surface area contributed by atoms with Gasteiger partial charge in [-0.05, 0) is 32.7 Å².